The molecule has 0 aliphatic heterocycles. The van der Waals surface area contributed by atoms with E-state index in [1.807, 2.05) is 24.3 Å². The number of halogens is 1. The molecule has 0 saturated heterocycles. The maximum Gasteiger partial charge on any atom is 0.329 e. The minimum atomic E-state index is -1.13. The van der Waals surface area contributed by atoms with Gasteiger partial charge in [0, 0.05) is 18.0 Å². The first-order valence-corrected chi connectivity index (χ1v) is 14.8. The molecule has 0 radical (unpaired) electrons. The quantitative estimate of drug-likeness (QED) is 0.144. The molecule has 1 rings (SSSR count). The van der Waals surface area contributed by atoms with E-state index in [1.165, 1.54) is 0 Å². The minimum Gasteiger partial charge on any atom is -0.460 e. The average molecular weight is 612 g/mol. The van der Waals surface area contributed by atoms with Crippen molar-refractivity contribution in [3.8, 4) is 0 Å². The SMILES string of the molecule is CC(C)(C)OC(=O)CC[C@H](NC(=O)N[C@@H](CCCCNCc1ccccc1Cl)C(=O)OC(C)(C)C)C(=O)OC(C)(C)C. The van der Waals surface area contributed by atoms with Gasteiger partial charge in [-0.2, -0.15) is 0 Å². The van der Waals surface area contributed by atoms with E-state index in [-0.39, 0.29) is 12.8 Å². The highest BCUT2D eigenvalue weighted by atomic mass is 35.5. The van der Waals surface area contributed by atoms with Gasteiger partial charge < -0.3 is 30.2 Å². The Hall–Kier alpha value is -2.85. The molecular formula is C31H50ClN3O7. The summed E-state index contributed by atoms with van der Waals surface area (Å²) in [5, 5.41) is 9.25. The van der Waals surface area contributed by atoms with Crippen LogP contribution in [0, 0.1) is 0 Å². The largest absolute Gasteiger partial charge is 0.460 e. The summed E-state index contributed by atoms with van der Waals surface area (Å²) in [5.41, 5.74) is -1.25. The van der Waals surface area contributed by atoms with Crippen molar-refractivity contribution in [3.63, 3.8) is 0 Å². The zero-order valence-corrected chi connectivity index (χ0v) is 27.4. The van der Waals surface area contributed by atoms with Crippen molar-refractivity contribution < 1.29 is 33.4 Å². The Morgan fingerprint density at radius 2 is 1.24 bits per heavy atom. The number of hydrogen-bond donors (Lipinski definition) is 3. The molecule has 2 amide bonds. The van der Waals surface area contributed by atoms with Crippen molar-refractivity contribution in [3.05, 3.63) is 34.9 Å². The molecule has 11 heteroatoms. The lowest BCUT2D eigenvalue weighted by Crippen LogP contribution is -2.53. The fraction of sp³-hybridized carbons (Fsp3) is 0.677. The lowest BCUT2D eigenvalue weighted by Gasteiger charge is -2.27. The van der Waals surface area contributed by atoms with E-state index in [4.69, 9.17) is 25.8 Å². The number of rotatable bonds is 14. The van der Waals surface area contributed by atoms with Crippen molar-refractivity contribution >= 4 is 35.5 Å². The lowest BCUT2D eigenvalue weighted by molar-refractivity contribution is -0.159. The van der Waals surface area contributed by atoms with Crippen LogP contribution in [0.25, 0.3) is 0 Å². The number of unbranched alkanes of at least 4 members (excludes halogenated alkanes) is 1. The summed E-state index contributed by atoms with van der Waals surface area (Å²) in [6, 6.07) is 4.77. The molecule has 0 aliphatic rings. The van der Waals surface area contributed by atoms with Gasteiger partial charge in [0.2, 0.25) is 0 Å². The molecule has 0 spiro atoms. The third kappa shape index (κ3) is 17.2. The smallest absolute Gasteiger partial charge is 0.329 e. The van der Waals surface area contributed by atoms with E-state index in [9.17, 15) is 19.2 Å². The van der Waals surface area contributed by atoms with Gasteiger partial charge in [-0.1, -0.05) is 29.8 Å². The van der Waals surface area contributed by atoms with Gasteiger partial charge in [-0.15, -0.1) is 0 Å². The third-order valence-corrected chi connectivity index (χ3v) is 5.79. The van der Waals surface area contributed by atoms with Gasteiger partial charge in [-0.25, -0.2) is 14.4 Å². The first-order chi connectivity index (χ1) is 19.3. The van der Waals surface area contributed by atoms with Crippen molar-refractivity contribution in [1.82, 2.24) is 16.0 Å². The molecule has 10 nitrogen and oxygen atoms in total. The van der Waals surface area contributed by atoms with Gasteiger partial charge in [0.25, 0.3) is 0 Å². The van der Waals surface area contributed by atoms with Crippen LogP contribution < -0.4 is 16.0 Å². The first kappa shape index (κ1) is 37.2. The molecule has 0 unspecified atom stereocenters. The Labute approximate surface area is 255 Å². The van der Waals surface area contributed by atoms with Crippen LogP contribution in [0.1, 0.15) is 100.0 Å². The number of ether oxygens (including phenoxy) is 3. The Morgan fingerprint density at radius 3 is 1.74 bits per heavy atom. The fourth-order valence-corrected chi connectivity index (χ4v) is 3.92. The van der Waals surface area contributed by atoms with E-state index >= 15 is 0 Å². The predicted molar refractivity (Wildman–Crippen MR) is 163 cm³/mol. The Balaban J connectivity index is 2.82. The monoisotopic (exact) mass is 611 g/mol. The number of carbonyl (C=O) groups is 4. The van der Waals surface area contributed by atoms with Crippen LogP contribution in [-0.2, 0) is 35.1 Å². The van der Waals surface area contributed by atoms with Gasteiger partial charge in [0.15, 0.2) is 0 Å². The minimum absolute atomic E-state index is 0.0363. The fourth-order valence-electron chi connectivity index (χ4n) is 3.72. The summed E-state index contributed by atoms with van der Waals surface area (Å²) < 4.78 is 16.3. The van der Waals surface area contributed by atoms with Crippen LogP contribution in [0.2, 0.25) is 5.02 Å². The number of benzene rings is 1. The number of urea groups is 1. The van der Waals surface area contributed by atoms with Crippen LogP contribution in [-0.4, -0.2) is 59.4 Å². The maximum atomic E-state index is 13.0. The Morgan fingerprint density at radius 1 is 0.738 bits per heavy atom. The summed E-state index contributed by atoms with van der Waals surface area (Å²) in [5.74, 6) is -1.78. The Bertz CT molecular complexity index is 1040. The highest BCUT2D eigenvalue weighted by Gasteiger charge is 2.31. The average Bonchev–Trinajstić information content (AvgIpc) is 2.80. The maximum absolute atomic E-state index is 13.0. The van der Waals surface area contributed by atoms with Gasteiger partial charge in [0.1, 0.15) is 28.9 Å². The molecule has 0 fully saturated rings. The van der Waals surface area contributed by atoms with Crippen LogP contribution in [0.15, 0.2) is 24.3 Å². The van der Waals surface area contributed by atoms with Crippen molar-refractivity contribution in [2.45, 2.75) is 130 Å². The molecule has 0 bridgehead atoms. The van der Waals surface area contributed by atoms with Crippen molar-refractivity contribution in [1.29, 1.82) is 0 Å². The molecule has 0 saturated carbocycles. The summed E-state index contributed by atoms with van der Waals surface area (Å²) in [6.07, 6.45) is 1.53. The second-order valence-corrected chi connectivity index (χ2v) is 13.6. The lowest BCUT2D eigenvalue weighted by atomic mass is 10.1. The molecular weight excluding hydrogens is 562 g/mol. The van der Waals surface area contributed by atoms with Crippen LogP contribution in [0.3, 0.4) is 0 Å². The van der Waals surface area contributed by atoms with E-state index in [1.54, 1.807) is 62.3 Å². The van der Waals surface area contributed by atoms with E-state index in [2.05, 4.69) is 16.0 Å². The number of esters is 3. The van der Waals surface area contributed by atoms with Crippen LogP contribution in [0.5, 0.6) is 0 Å². The summed E-state index contributed by atoms with van der Waals surface area (Å²) in [4.78, 5) is 51.1. The second-order valence-electron chi connectivity index (χ2n) is 13.2. The molecule has 0 heterocycles. The number of carbonyl (C=O) groups excluding carboxylic acids is 4. The second kappa shape index (κ2) is 16.7. The van der Waals surface area contributed by atoms with Gasteiger partial charge in [0.05, 0.1) is 0 Å². The molecule has 1 aromatic carbocycles. The topological polar surface area (TPSA) is 132 Å². The van der Waals surface area contributed by atoms with E-state index in [0.29, 0.717) is 31.0 Å². The number of hydrogen-bond acceptors (Lipinski definition) is 8. The van der Waals surface area contributed by atoms with Crippen molar-refractivity contribution in [2.75, 3.05) is 6.54 Å². The van der Waals surface area contributed by atoms with Crippen LogP contribution >= 0.6 is 11.6 Å². The summed E-state index contributed by atoms with van der Waals surface area (Å²) >= 11 is 6.20. The summed E-state index contributed by atoms with van der Waals surface area (Å²) in [6.45, 7) is 16.9. The Kier molecular flexibility index (Phi) is 14.8. The third-order valence-electron chi connectivity index (χ3n) is 5.42. The number of amides is 2. The normalized spacial score (nSPS) is 13.5. The van der Waals surface area contributed by atoms with Gasteiger partial charge in [-0.3, -0.25) is 4.79 Å². The molecule has 238 valence electrons. The van der Waals surface area contributed by atoms with Gasteiger partial charge >= 0.3 is 23.9 Å². The molecule has 1 aromatic rings. The predicted octanol–water partition coefficient (Wildman–Crippen LogP) is 5.44. The van der Waals surface area contributed by atoms with Gasteiger partial charge in [-0.05, 0) is 106 Å². The van der Waals surface area contributed by atoms with Crippen LogP contribution in [0.4, 0.5) is 4.79 Å². The molecule has 3 N–H and O–H groups in total. The van der Waals surface area contributed by atoms with E-state index < -0.39 is 52.8 Å². The van der Waals surface area contributed by atoms with Crippen molar-refractivity contribution in [2.24, 2.45) is 0 Å². The highest BCUT2D eigenvalue weighted by Crippen LogP contribution is 2.16. The standard InChI is InChI=1S/C31H50ClN3O7/c1-29(2,3)40-25(36)18-17-24(27(38)42-31(7,8)9)35-28(39)34-23(26(37)41-30(4,5)6)16-12-13-19-33-20-21-14-10-11-15-22(21)32/h10-11,14-15,23-24,33H,12-13,16-20H2,1-9H3,(H2,34,35,39)/t23-,24-/m0/s1. The number of nitrogens with one attached hydrogen (secondary N) is 3. The highest BCUT2D eigenvalue weighted by molar-refractivity contribution is 6.31. The first-order valence-electron chi connectivity index (χ1n) is 14.4. The zero-order valence-electron chi connectivity index (χ0n) is 26.6. The summed E-state index contributed by atoms with van der Waals surface area (Å²) in [7, 11) is 0. The molecule has 42 heavy (non-hydrogen) atoms. The molecule has 0 aliphatic carbocycles. The van der Waals surface area contributed by atoms with E-state index in [0.717, 1.165) is 12.0 Å². The molecule has 0 aromatic heterocycles. The molecule has 2 atom stereocenters. The zero-order chi connectivity index (χ0) is 32.1.